The fourth-order valence-electron chi connectivity index (χ4n) is 3.08. The van der Waals surface area contributed by atoms with Crippen molar-refractivity contribution in [3.8, 4) is 0 Å². The summed E-state index contributed by atoms with van der Waals surface area (Å²) >= 11 is 3.47. The molecule has 1 aromatic carbocycles. The molecule has 3 aromatic rings. The Morgan fingerprint density at radius 1 is 1.20 bits per heavy atom. The van der Waals surface area contributed by atoms with E-state index < -0.39 is 0 Å². The average molecular weight is 402 g/mol. The summed E-state index contributed by atoms with van der Waals surface area (Å²) in [4.78, 5) is 11.6. The van der Waals surface area contributed by atoms with Gasteiger partial charge in [-0.15, -0.1) is 0 Å². The molecule has 3 heterocycles. The summed E-state index contributed by atoms with van der Waals surface area (Å²) < 4.78 is 8.62. The fourth-order valence-corrected chi connectivity index (χ4v) is 3.34. The van der Waals surface area contributed by atoms with E-state index in [1.807, 2.05) is 19.3 Å². The van der Waals surface area contributed by atoms with Gasteiger partial charge in [-0.25, -0.2) is 9.97 Å². The van der Waals surface area contributed by atoms with Crippen LogP contribution in [-0.4, -0.2) is 40.7 Å². The zero-order valence-electron chi connectivity index (χ0n) is 14.1. The van der Waals surface area contributed by atoms with Crippen molar-refractivity contribution >= 4 is 33.2 Å². The van der Waals surface area contributed by atoms with Crippen LogP contribution in [0.1, 0.15) is 11.3 Å². The molecule has 1 aliphatic heterocycles. The molecule has 1 fully saturated rings. The molecule has 4 rings (SSSR count). The summed E-state index contributed by atoms with van der Waals surface area (Å²) in [5.74, 6) is 1.93. The number of nitrogens with one attached hydrogen (secondary N) is 1. The molecular formula is C18H20BrN5O. The van der Waals surface area contributed by atoms with E-state index in [9.17, 15) is 0 Å². The monoisotopic (exact) mass is 401 g/mol. The Labute approximate surface area is 155 Å². The number of aryl methyl sites for hydroxylation is 1. The van der Waals surface area contributed by atoms with Gasteiger partial charge in [-0.05, 0) is 24.6 Å². The molecule has 0 aliphatic carbocycles. The Morgan fingerprint density at radius 3 is 2.72 bits per heavy atom. The summed E-state index contributed by atoms with van der Waals surface area (Å²) in [6.45, 7) is 5.94. The van der Waals surface area contributed by atoms with Gasteiger partial charge >= 0.3 is 0 Å². The predicted octanol–water partition coefficient (Wildman–Crippen LogP) is 3.25. The van der Waals surface area contributed by atoms with Crippen molar-refractivity contribution < 1.29 is 4.74 Å². The van der Waals surface area contributed by atoms with Gasteiger partial charge in [-0.3, -0.25) is 4.40 Å². The lowest BCUT2D eigenvalue weighted by molar-refractivity contribution is 0.122. The van der Waals surface area contributed by atoms with Crippen LogP contribution in [-0.2, 0) is 11.3 Å². The van der Waals surface area contributed by atoms with Crippen LogP contribution in [0.15, 0.2) is 41.1 Å². The number of aromatic nitrogens is 3. The van der Waals surface area contributed by atoms with Gasteiger partial charge in [-0.1, -0.05) is 28.1 Å². The number of rotatable bonds is 4. The smallest absolute Gasteiger partial charge is 0.182 e. The second kappa shape index (κ2) is 7.01. The van der Waals surface area contributed by atoms with Gasteiger partial charge in [0, 0.05) is 36.5 Å². The minimum atomic E-state index is 0.733. The molecule has 25 heavy (non-hydrogen) atoms. The maximum atomic E-state index is 5.45. The predicted molar refractivity (Wildman–Crippen MR) is 102 cm³/mol. The number of hydrogen-bond donors (Lipinski definition) is 1. The van der Waals surface area contributed by atoms with Gasteiger partial charge in [0.15, 0.2) is 11.5 Å². The normalized spacial score (nSPS) is 14.9. The molecule has 2 aromatic heterocycles. The van der Waals surface area contributed by atoms with E-state index in [2.05, 4.69) is 59.8 Å². The number of halogens is 1. The van der Waals surface area contributed by atoms with E-state index in [0.29, 0.717) is 0 Å². The minimum absolute atomic E-state index is 0.733. The highest BCUT2D eigenvalue weighted by Gasteiger charge is 2.19. The van der Waals surface area contributed by atoms with Gasteiger partial charge in [0.25, 0.3) is 0 Å². The van der Waals surface area contributed by atoms with Crippen molar-refractivity contribution in [2.24, 2.45) is 0 Å². The summed E-state index contributed by atoms with van der Waals surface area (Å²) in [5, 5.41) is 3.52. The summed E-state index contributed by atoms with van der Waals surface area (Å²) in [7, 11) is 0. The highest BCUT2D eigenvalue weighted by molar-refractivity contribution is 9.10. The van der Waals surface area contributed by atoms with Crippen LogP contribution in [0.5, 0.6) is 0 Å². The van der Waals surface area contributed by atoms with E-state index >= 15 is 0 Å². The van der Waals surface area contributed by atoms with Gasteiger partial charge in [0.05, 0.1) is 18.9 Å². The van der Waals surface area contributed by atoms with E-state index in [4.69, 9.17) is 9.72 Å². The topological polar surface area (TPSA) is 54.7 Å². The van der Waals surface area contributed by atoms with Crippen molar-refractivity contribution in [2.45, 2.75) is 13.5 Å². The van der Waals surface area contributed by atoms with Gasteiger partial charge in [0.1, 0.15) is 5.82 Å². The van der Waals surface area contributed by atoms with Crippen LogP contribution >= 0.6 is 15.9 Å². The third kappa shape index (κ3) is 3.34. The lowest BCUT2D eigenvalue weighted by Gasteiger charge is -2.27. The summed E-state index contributed by atoms with van der Waals surface area (Å²) in [6.07, 6.45) is 3.80. The highest BCUT2D eigenvalue weighted by atomic mass is 79.9. The molecule has 7 heteroatoms. The first-order valence-corrected chi connectivity index (χ1v) is 9.16. The number of fused-ring (bicyclic) bond motifs is 1. The second-order valence-corrected chi connectivity index (χ2v) is 6.99. The molecule has 0 saturated carbocycles. The zero-order chi connectivity index (χ0) is 17.2. The fraction of sp³-hybridized carbons (Fsp3) is 0.333. The SMILES string of the molecule is Cc1nc2c(N3CCOCC3)nccn2c1NCc1ccc(Br)cc1. The Balaban J connectivity index is 1.63. The lowest BCUT2D eigenvalue weighted by atomic mass is 10.2. The number of benzene rings is 1. The first kappa shape index (κ1) is 16.4. The van der Waals surface area contributed by atoms with Crippen LogP contribution in [0.3, 0.4) is 0 Å². The zero-order valence-corrected chi connectivity index (χ0v) is 15.7. The van der Waals surface area contributed by atoms with E-state index in [0.717, 1.165) is 60.3 Å². The standard InChI is InChI=1S/C18H20BrN5O/c1-13-16(21-12-14-2-4-15(19)5-3-14)24-7-6-20-17(18(24)22-13)23-8-10-25-11-9-23/h2-7,21H,8-12H2,1H3. The third-order valence-electron chi connectivity index (χ3n) is 4.38. The lowest BCUT2D eigenvalue weighted by Crippen LogP contribution is -2.37. The first-order valence-electron chi connectivity index (χ1n) is 8.37. The molecule has 6 nitrogen and oxygen atoms in total. The molecule has 0 amide bonds. The van der Waals surface area contributed by atoms with Gasteiger partial charge < -0.3 is 15.0 Å². The molecule has 0 atom stereocenters. The van der Waals surface area contributed by atoms with Crippen molar-refractivity contribution in [1.29, 1.82) is 0 Å². The Morgan fingerprint density at radius 2 is 1.96 bits per heavy atom. The largest absolute Gasteiger partial charge is 0.378 e. The second-order valence-electron chi connectivity index (χ2n) is 6.07. The molecule has 0 unspecified atom stereocenters. The molecule has 1 saturated heterocycles. The first-order chi connectivity index (χ1) is 12.2. The highest BCUT2D eigenvalue weighted by Crippen LogP contribution is 2.25. The van der Waals surface area contributed by atoms with Crippen molar-refractivity contribution in [3.05, 3.63) is 52.4 Å². The Hall–Kier alpha value is -2.12. The molecular weight excluding hydrogens is 382 g/mol. The number of nitrogens with zero attached hydrogens (tertiary/aromatic N) is 4. The molecule has 0 radical (unpaired) electrons. The van der Waals surface area contributed by atoms with Gasteiger partial charge in [-0.2, -0.15) is 0 Å². The van der Waals surface area contributed by atoms with E-state index in [1.165, 1.54) is 5.56 Å². The Kier molecular flexibility index (Phi) is 4.59. The van der Waals surface area contributed by atoms with Crippen molar-refractivity contribution in [3.63, 3.8) is 0 Å². The minimum Gasteiger partial charge on any atom is -0.378 e. The summed E-state index contributed by atoms with van der Waals surface area (Å²) in [6, 6.07) is 8.32. The number of hydrogen-bond acceptors (Lipinski definition) is 5. The molecule has 1 N–H and O–H groups in total. The number of morpholine rings is 1. The maximum Gasteiger partial charge on any atom is 0.182 e. The van der Waals surface area contributed by atoms with Crippen molar-refractivity contribution in [1.82, 2.24) is 14.4 Å². The van der Waals surface area contributed by atoms with E-state index in [1.54, 1.807) is 0 Å². The molecule has 130 valence electrons. The number of ether oxygens (including phenoxy) is 1. The average Bonchev–Trinajstić information content (AvgIpc) is 2.97. The van der Waals surface area contributed by atoms with Gasteiger partial charge in [0.2, 0.25) is 0 Å². The van der Waals surface area contributed by atoms with Crippen molar-refractivity contribution in [2.75, 3.05) is 36.5 Å². The van der Waals surface area contributed by atoms with E-state index in [-0.39, 0.29) is 0 Å². The molecule has 0 spiro atoms. The van der Waals surface area contributed by atoms with Crippen LogP contribution in [0.25, 0.3) is 5.65 Å². The van der Waals surface area contributed by atoms with Crippen LogP contribution < -0.4 is 10.2 Å². The van der Waals surface area contributed by atoms with Crippen LogP contribution in [0, 0.1) is 6.92 Å². The molecule has 0 bridgehead atoms. The Bertz CT molecular complexity index is 871. The number of imidazole rings is 1. The van der Waals surface area contributed by atoms with Crippen LogP contribution in [0.2, 0.25) is 0 Å². The van der Waals surface area contributed by atoms with Crippen LogP contribution in [0.4, 0.5) is 11.6 Å². The summed E-state index contributed by atoms with van der Waals surface area (Å²) in [5.41, 5.74) is 3.08. The maximum absolute atomic E-state index is 5.45. The molecule has 1 aliphatic rings. The third-order valence-corrected chi connectivity index (χ3v) is 4.91. The number of anilines is 2. The quantitative estimate of drug-likeness (QED) is 0.726.